The van der Waals surface area contributed by atoms with Gasteiger partial charge in [-0.3, -0.25) is 4.79 Å². The van der Waals surface area contributed by atoms with Crippen LogP contribution in [0.25, 0.3) is 0 Å². The predicted molar refractivity (Wildman–Crippen MR) is 439 cm³/mol. The highest BCUT2D eigenvalue weighted by Gasteiger charge is 2.64. The topological polar surface area (TPSA) is 1070 Å². The zero-order valence-electron chi connectivity index (χ0n) is 77.2. The minimum absolute atomic E-state index is 0.922. The number of rotatable bonds is 38. The standard InChI is InChI=1S/C80H135NO66/c1-15(93)81-29-42(106)58(26(12-92)125-68(29)122)138-75-57(121)62(41(105)28(137-75)13-123-69-54(118)61(141-78-65(48(112)35(99)21(7-87)133-78)145-72-53(117)45(109)32(96)18(4-84)128-72)40(104)27(136-69)14-124-76-63(46(110)33(97)19(5-85)131-76)143-70-51(115)43(107)30(94)16(2-82)126-70)142-79-67(50(114)37(101)22(8-88)134-79)147-80-66(49(113)36(100)23(9-89)135-80)146-74-55(119)59(38(102)24(10-90)130-74)139-73-56(120)60(39(103)25(11-91)129-73)140-77-64(47(111)34(98)20(6-86)132-77)144-71-52(116)44(108)31(95)17(3-83)127-71/h16-80,82-92,94-122H,2-14H2,1H3,(H,81,93)/t16-,17-,18-,19-,20-,21-,22-,23-,24-,25-,26-,27-,28-,29-,30-,31-,32-,33-,34-,35-,36-,37-,38-,39-,40-,41-,42-,43+,44+,45+,46+,47+,48+,49+,50+,51+,52-,53+,54+,55+,56-,57+,58-,59+,60+,61+,62+,63+,64-,65+,66+,67+,68?,69+,70-,71-,72-,73-,74-,75+,76+,77-,78-,79-,80-/m1/s1. The molecule has 65 atom stereocenters. The number of amides is 1. The lowest BCUT2D eigenvalue weighted by molar-refractivity contribution is -0.413. The average molecular weight is 2170 g/mol. The number of hydrogen-bond donors (Lipinski definition) is 41. The molecule has 0 aliphatic carbocycles. The van der Waals surface area contributed by atoms with Gasteiger partial charge in [0.2, 0.25) is 5.91 Å². The molecule has 41 N–H and O–H groups in total. The smallest absolute Gasteiger partial charge is 0.217 e. The zero-order valence-corrected chi connectivity index (χ0v) is 77.2. The summed E-state index contributed by atoms with van der Waals surface area (Å²) in [5.74, 6) is -0.938. The summed E-state index contributed by atoms with van der Waals surface area (Å²) in [6.07, 6.45) is -145. The number of aliphatic hydroxyl groups is 40. The molecule has 67 nitrogen and oxygen atoms in total. The third kappa shape index (κ3) is 25.6. The molecule has 1 unspecified atom stereocenters. The molecule has 67 heteroatoms. The fourth-order valence-electron chi connectivity index (χ4n) is 19.0. The normalized spacial score (nSPS) is 52.9. The van der Waals surface area contributed by atoms with Crippen LogP contribution in [-0.2, 0) is 123 Å². The van der Waals surface area contributed by atoms with Gasteiger partial charge in [0.1, 0.15) is 317 Å². The number of ether oxygens (including phenoxy) is 25. The molecule has 0 saturated carbocycles. The van der Waals surface area contributed by atoms with Crippen LogP contribution in [0.3, 0.4) is 0 Å². The van der Waals surface area contributed by atoms with Gasteiger partial charge >= 0.3 is 0 Å². The van der Waals surface area contributed by atoms with Crippen LogP contribution in [0, 0.1) is 0 Å². The van der Waals surface area contributed by atoms with Crippen molar-refractivity contribution >= 4 is 5.91 Å². The summed E-state index contributed by atoms with van der Waals surface area (Å²) in [4.78, 5) is 12.6. The minimum atomic E-state index is -2.70. The van der Waals surface area contributed by atoms with E-state index >= 15 is 0 Å². The molecule has 0 aromatic carbocycles. The monoisotopic (exact) mass is 2170 g/mol. The first-order valence-electron chi connectivity index (χ1n) is 46.7. The maximum Gasteiger partial charge on any atom is 0.217 e. The van der Waals surface area contributed by atoms with E-state index in [1.165, 1.54) is 0 Å². The van der Waals surface area contributed by atoms with E-state index in [4.69, 9.17) is 118 Å². The number of carbonyl (C=O) groups excluding carboxylic acids is 1. The van der Waals surface area contributed by atoms with Crippen molar-refractivity contribution in [2.75, 3.05) is 85.9 Å². The summed E-state index contributed by atoms with van der Waals surface area (Å²) in [7, 11) is 0. The molecule has 0 aromatic heterocycles. The number of hydrogen-bond acceptors (Lipinski definition) is 66. The molecule has 13 aliphatic heterocycles. The Labute approximate surface area is 828 Å². The number of nitrogens with one attached hydrogen (secondary N) is 1. The number of aliphatic hydroxyl groups excluding tert-OH is 40. The van der Waals surface area contributed by atoms with Gasteiger partial charge in [0.15, 0.2) is 81.8 Å². The van der Waals surface area contributed by atoms with Crippen molar-refractivity contribution in [1.29, 1.82) is 0 Å². The summed E-state index contributed by atoms with van der Waals surface area (Å²) in [5.41, 5.74) is 0. The van der Waals surface area contributed by atoms with E-state index in [9.17, 15) is 209 Å². The van der Waals surface area contributed by atoms with Gasteiger partial charge in [-0.15, -0.1) is 0 Å². The fourth-order valence-corrected chi connectivity index (χ4v) is 19.0. The average Bonchev–Trinajstić information content (AvgIpc) is 0.795. The van der Waals surface area contributed by atoms with E-state index in [-0.39, 0.29) is 0 Å². The van der Waals surface area contributed by atoms with Crippen molar-refractivity contribution in [1.82, 2.24) is 5.32 Å². The Morgan fingerprint density at radius 2 is 0.361 bits per heavy atom. The van der Waals surface area contributed by atoms with E-state index in [0.717, 1.165) is 6.92 Å². The molecule has 13 rings (SSSR count). The van der Waals surface area contributed by atoms with Crippen LogP contribution in [0.15, 0.2) is 0 Å². The molecule has 0 aromatic rings. The molecule has 13 saturated heterocycles. The second kappa shape index (κ2) is 52.6. The summed E-state index contributed by atoms with van der Waals surface area (Å²) < 4.78 is 147. The molecule has 0 spiro atoms. The van der Waals surface area contributed by atoms with Crippen LogP contribution >= 0.6 is 0 Å². The molecular weight excluding hydrogens is 2030 g/mol. The molecule has 13 aliphatic rings. The fraction of sp³-hybridized carbons (Fsp3) is 0.988. The van der Waals surface area contributed by atoms with Crippen LogP contribution in [0.1, 0.15) is 6.92 Å². The Morgan fingerprint density at radius 3 is 0.633 bits per heavy atom. The highest BCUT2D eigenvalue weighted by Crippen LogP contribution is 2.44. The van der Waals surface area contributed by atoms with Crippen LogP contribution < -0.4 is 5.32 Å². The maximum absolute atomic E-state index is 12.8. The summed E-state index contributed by atoms with van der Waals surface area (Å²) >= 11 is 0. The van der Waals surface area contributed by atoms with Crippen LogP contribution in [0.2, 0.25) is 0 Å². The lowest BCUT2D eigenvalue weighted by atomic mass is 9.94. The molecule has 13 fully saturated rings. The Kier molecular flexibility index (Phi) is 43.2. The van der Waals surface area contributed by atoms with E-state index in [2.05, 4.69) is 5.32 Å². The van der Waals surface area contributed by atoms with Crippen molar-refractivity contribution in [3.63, 3.8) is 0 Å². The Hall–Kier alpha value is -3.13. The van der Waals surface area contributed by atoms with Crippen molar-refractivity contribution in [2.45, 2.75) is 406 Å². The summed E-state index contributed by atoms with van der Waals surface area (Å²) in [6.45, 7) is -14.6. The first kappa shape index (κ1) is 121. The summed E-state index contributed by atoms with van der Waals surface area (Å²) in [6, 6.07) is -1.90. The summed E-state index contributed by atoms with van der Waals surface area (Å²) in [5, 5.41) is 450. The largest absolute Gasteiger partial charge is 0.394 e. The molecule has 147 heavy (non-hydrogen) atoms. The Morgan fingerprint density at radius 1 is 0.177 bits per heavy atom. The first-order chi connectivity index (χ1) is 69.7. The molecule has 0 radical (unpaired) electrons. The van der Waals surface area contributed by atoms with Crippen LogP contribution in [0.5, 0.6) is 0 Å². The van der Waals surface area contributed by atoms with Gasteiger partial charge < -0.3 is 328 Å². The van der Waals surface area contributed by atoms with Gasteiger partial charge in [0, 0.05) is 6.92 Å². The third-order valence-corrected chi connectivity index (χ3v) is 27.6. The van der Waals surface area contributed by atoms with Crippen molar-refractivity contribution in [2.24, 2.45) is 0 Å². The molecular formula is C80H135NO66. The Bertz CT molecular complexity index is 3940. The second-order valence-corrected chi connectivity index (χ2v) is 37.2. The Balaban J connectivity index is 0.805. The van der Waals surface area contributed by atoms with Crippen molar-refractivity contribution in [3.05, 3.63) is 0 Å². The van der Waals surface area contributed by atoms with E-state index in [0.29, 0.717) is 0 Å². The van der Waals surface area contributed by atoms with Gasteiger partial charge in [-0.05, 0) is 0 Å². The maximum atomic E-state index is 12.8. The quantitative estimate of drug-likeness (QED) is 0.0273. The number of carbonyl (C=O) groups is 1. The minimum Gasteiger partial charge on any atom is -0.394 e. The van der Waals surface area contributed by atoms with E-state index < -0.39 is 491 Å². The van der Waals surface area contributed by atoms with Crippen molar-refractivity contribution in [3.8, 4) is 0 Å². The van der Waals surface area contributed by atoms with E-state index in [1.54, 1.807) is 0 Å². The van der Waals surface area contributed by atoms with E-state index in [1.807, 2.05) is 0 Å². The predicted octanol–water partition coefficient (Wildman–Crippen LogP) is -29.2. The molecule has 856 valence electrons. The molecule has 13 heterocycles. The zero-order chi connectivity index (χ0) is 108. The van der Waals surface area contributed by atoms with Gasteiger partial charge in [-0.1, -0.05) is 0 Å². The van der Waals surface area contributed by atoms with Crippen molar-refractivity contribution < 1.29 is 327 Å². The first-order valence-corrected chi connectivity index (χ1v) is 46.7. The van der Waals surface area contributed by atoms with Crippen LogP contribution in [0.4, 0.5) is 0 Å². The van der Waals surface area contributed by atoms with Gasteiger partial charge in [-0.25, -0.2) is 0 Å². The lowest BCUT2D eigenvalue weighted by Crippen LogP contribution is -2.69. The van der Waals surface area contributed by atoms with Crippen LogP contribution in [-0.4, -0.2) is 695 Å². The molecule has 1 amide bonds. The molecule has 0 bridgehead atoms. The SMILES string of the molecule is CC(=O)N[C@H]1C(O)O[C@H](CO)[C@@H](O[C@@H]2O[C@H](CO[C@H]3O[C@H](CO[C@H]4O[C@H](CO)[C@@H](O)[C@H](O)[C@@H]4O[C@H]4O[C@H](CO)[C@@H](O)[C@H](O)[C@@H]4O)[C@@H](O)[C@H](O[C@H]4O[C@H](CO)[C@@H](O)[C@H](O)[C@@H]4O[C@H]4O[C@H](CO)[C@@H](O)[C@H](O)[C@@H]4O)[C@@H]3O)[C@@H](O)[C@H](O[C@H]3O[C@H](CO)[C@@H](O)[C@H](O)[C@@H]3O[C@H]3O[C@H](CO)[C@@H](O)[C@H](O)[C@@H]3O[C@H]3O[C@H](CO)[C@@H](O)[C@H](O[C@H]4O[C@H](CO)[C@@H](O)[C@H](O[C@H]5O[C@H](CO)[C@@H](O)[C@H](O)[C@H]5O[C@H]5O[C@H](CO)[C@@H](O)[C@H](O)[C@H]5O)[C@H]4O)[C@@H]3O)[C@@H]2O)[C@@H]1O. The lowest BCUT2D eigenvalue weighted by Gasteiger charge is -2.51. The second-order valence-electron chi connectivity index (χ2n) is 37.2. The highest BCUT2D eigenvalue weighted by molar-refractivity contribution is 5.73. The van der Waals surface area contributed by atoms with Gasteiger partial charge in [-0.2, -0.15) is 0 Å². The third-order valence-electron chi connectivity index (χ3n) is 27.6. The van der Waals surface area contributed by atoms with Gasteiger partial charge in [0.05, 0.1) is 85.9 Å². The van der Waals surface area contributed by atoms with Gasteiger partial charge in [0.25, 0.3) is 0 Å². The highest BCUT2D eigenvalue weighted by atomic mass is 16.8.